The predicted molar refractivity (Wildman–Crippen MR) is 136 cm³/mol. The highest BCUT2D eigenvalue weighted by molar-refractivity contribution is 7.92. The summed E-state index contributed by atoms with van der Waals surface area (Å²) in [5, 5.41) is 5.40. The maximum atomic E-state index is 12.7. The second-order valence-corrected chi connectivity index (χ2v) is 9.48. The topological polar surface area (TPSA) is 106 Å². The Balaban J connectivity index is 1.55. The Bertz CT molecular complexity index is 1290. The Morgan fingerprint density at radius 1 is 0.971 bits per heavy atom. The number of methoxy groups -OCH3 is 1. The van der Waals surface area contributed by atoms with Crippen LogP contribution < -0.4 is 24.8 Å². The van der Waals surface area contributed by atoms with E-state index in [4.69, 9.17) is 21.7 Å². The summed E-state index contributed by atoms with van der Waals surface area (Å²) in [6.07, 6.45) is 0. The molecule has 0 aromatic heterocycles. The highest BCUT2D eigenvalue weighted by Gasteiger charge is 2.16. The van der Waals surface area contributed by atoms with E-state index in [1.807, 2.05) is 26.0 Å². The quantitative estimate of drug-likeness (QED) is 0.402. The standard InChI is InChI=1S/C24H25N3O5S2/c1-16-8-13-20(17(2)14-16)27-34(29,30)19-11-9-18(10-12-19)25-24(33)26-23(28)15-32-22-7-5-4-6-21(22)31-3/h4-14,27H,15H2,1-3H3,(H2,25,26,28,33). The zero-order valence-corrected chi connectivity index (χ0v) is 20.5. The fraction of sp³-hybridized carbons (Fsp3) is 0.167. The molecule has 0 unspecified atom stereocenters. The summed E-state index contributed by atoms with van der Waals surface area (Å²) < 4.78 is 38.7. The summed E-state index contributed by atoms with van der Waals surface area (Å²) in [7, 11) is -2.25. The van der Waals surface area contributed by atoms with Crippen LogP contribution in [0.1, 0.15) is 11.1 Å². The van der Waals surface area contributed by atoms with E-state index in [1.54, 1.807) is 42.5 Å². The van der Waals surface area contributed by atoms with Crippen LogP contribution in [0.5, 0.6) is 11.5 Å². The van der Waals surface area contributed by atoms with Crippen molar-refractivity contribution in [3.63, 3.8) is 0 Å². The third-order valence-corrected chi connectivity index (χ3v) is 6.32. The summed E-state index contributed by atoms with van der Waals surface area (Å²) in [6.45, 7) is 3.52. The molecule has 0 spiro atoms. The number of rotatable bonds is 8. The van der Waals surface area contributed by atoms with Crippen LogP contribution in [0.3, 0.4) is 0 Å². The lowest BCUT2D eigenvalue weighted by Crippen LogP contribution is -2.37. The molecule has 0 atom stereocenters. The Labute approximate surface area is 204 Å². The lowest BCUT2D eigenvalue weighted by atomic mass is 10.1. The van der Waals surface area contributed by atoms with Crippen molar-refractivity contribution in [2.45, 2.75) is 18.7 Å². The number of hydrogen-bond acceptors (Lipinski definition) is 6. The average Bonchev–Trinajstić information content (AvgIpc) is 2.80. The van der Waals surface area contributed by atoms with Crippen molar-refractivity contribution in [2.24, 2.45) is 0 Å². The molecule has 1 amide bonds. The molecule has 0 aliphatic rings. The lowest BCUT2D eigenvalue weighted by molar-refractivity contribution is -0.121. The second-order valence-electron chi connectivity index (χ2n) is 7.39. The van der Waals surface area contributed by atoms with Crippen LogP contribution >= 0.6 is 12.2 Å². The van der Waals surface area contributed by atoms with E-state index in [0.717, 1.165) is 11.1 Å². The number of nitrogens with one attached hydrogen (secondary N) is 3. The first-order chi connectivity index (χ1) is 16.2. The van der Waals surface area contributed by atoms with E-state index in [1.165, 1.54) is 19.2 Å². The number of sulfonamides is 1. The van der Waals surface area contributed by atoms with Gasteiger partial charge in [0.1, 0.15) is 0 Å². The van der Waals surface area contributed by atoms with Gasteiger partial charge in [0.25, 0.3) is 15.9 Å². The maximum Gasteiger partial charge on any atom is 0.264 e. The SMILES string of the molecule is COc1ccccc1OCC(=O)NC(=S)Nc1ccc(S(=O)(=O)Nc2ccc(C)cc2C)cc1. The van der Waals surface area contributed by atoms with Crippen LogP contribution in [0.15, 0.2) is 71.6 Å². The van der Waals surface area contributed by atoms with Gasteiger partial charge in [-0.2, -0.15) is 0 Å². The van der Waals surface area contributed by atoms with Crippen LogP contribution in [-0.2, 0) is 14.8 Å². The number of thiocarbonyl (C=S) groups is 1. The highest BCUT2D eigenvalue weighted by Crippen LogP contribution is 2.25. The summed E-state index contributed by atoms with van der Waals surface area (Å²) in [5.74, 6) is 0.489. The third-order valence-electron chi connectivity index (χ3n) is 4.73. The average molecular weight is 500 g/mol. The van der Waals surface area contributed by atoms with E-state index < -0.39 is 15.9 Å². The van der Waals surface area contributed by atoms with Crippen molar-refractivity contribution in [3.8, 4) is 11.5 Å². The number of hydrogen-bond donors (Lipinski definition) is 3. The molecule has 10 heteroatoms. The molecule has 34 heavy (non-hydrogen) atoms. The molecule has 3 rings (SSSR count). The molecule has 0 aliphatic heterocycles. The first-order valence-corrected chi connectivity index (χ1v) is 12.1. The van der Waals surface area contributed by atoms with E-state index in [2.05, 4.69) is 15.4 Å². The van der Waals surface area contributed by atoms with Gasteiger partial charge in [-0.15, -0.1) is 0 Å². The molecule has 3 aromatic carbocycles. The van der Waals surface area contributed by atoms with Gasteiger partial charge in [-0.25, -0.2) is 8.42 Å². The Morgan fingerprint density at radius 3 is 2.29 bits per heavy atom. The number of ether oxygens (including phenoxy) is 2. The molecule has 0 aliphatic carbocycles. The maximum absolute atomic E-state index is 12.7. The van der Waals surface area contributed by atoms with Crippen LogP contribution in [0.4, 0.5) is 11.4 Å². The van der Waals surface area contributed by atoms with E-state index >= 15 is 0 Å². The van der Waals surface area contributed by atoms with Crippen LogP contribution in [0.25, 0.3) is 0 Å². The van der Waals surface area contributed by atoms with Gasteiger partial charge in [0, 0.05) is 5.69 Å². The number of anilines is 2. The van der Waals surface area contributed by atoms with Crippen LogP contribution in [0.2, 0.25) is 0 Å². The first kappa shape index (κ1) is 25.0. The van der Waals surface area contributed by atoms with E-state index in [9.17, 15) is 13.2 Å². The Kier molecular flexibility index (Phi) is 8.08. The van der Waals surface area contributed by atoms with Crippen molar-refractivity contribution in [2.75, 3.05) is 23.8 Å². The minimum absolute atomic E-state index is 0.0534. The van der Waals surface area contributed by atoms with E-state index in [0.29, 0.717) is 22.9 Å². The smallest absolute Gasteiger partial charge is 0.264 e. The van der Waals surface area contributed by atoms with Crippen molar-refractivity contribution < 1.29 is 22.7 Å². The highest BCUT2D eigenvalue weighted by atomic mass is 32.2. The molecule has 0 saturated carbocycles. The number of amides is 1. The van der Waals surface area contributed by atoms with Crippen LogP contribution in [0, 0.1) is 13.8 Å². The first-order valence-electron chi connectivity index (χ1n) is 10.2. The van der Waals surface area contributed by atoms with Gasteiger partial charge in [-0.3, -0.25) is 14.8 Å². The minimum Gasteiger partial charge on any atom is -0.493 e. The zero-order valence-electron chi connectivity index (χ0n) is 18.9. The molecule has 178 valence electrons. The minimum atomic E-state index is -3.76. The fourth-order valence-corrected chi connectivity index (χ4v) is 4.42. The second kappa shape index (κ2) is 11.0. The number of benzene rings is 3. The van der Waals surface area contributed by atoms with Gasteiger partial charge >= 0.3 is 0 Å². The molecule has 0 bridgehead atoms. The number of carbonyl (C=O) groups is 1. The molecule has 0 fully saturated rings. The molecule has 0 heterocycles. The van der Waals surface area contributed by atoms with Gasteiger partial charge in [-0.05, 0) is 74.1 Å². The van der Waals surface area contributed by atoms with Gasteiger partial charge < -0.3 is 14.8 Å². The van der Waals surface area contributed by atoms with E-state index in [-0.39, 0.29) is 16.6 Å². The Hall–Kier alpha value is -3.63. The molecular formula is C24H25N3O5S2. The summed E-state index contributed by atoms with van der Waals surface area (Å²) in [5.41, 5.74) is 2.91. The molecule has 0 saturated heterocycles. The lowest BCUT2D eigenvalue weighted by Gasteiger charge is -2.13. The van der Waals surface area contributed by atoms with Crippen molar-refractivity contribution >= 4 is 44.6 Å². The Morgan fingerprint density at radius 2 is 1.65 bits per heavy atom. The van der Waals surface area contributed by atoms with Crippen molar-refractivity contribution in [1.29, 1.82) is 0 Å². The van der Waals surface area contributed by atoms with Gasteiger partial charge in [-0.1, -0.05) is 29.8 Å². The van der Waals surface area contributed by atoms with Gasteiger partial charge in [0.2, 0.25) is 0 Å². The largest absolute Gasteiger partial charge is 0.493 e. The summed E-state index contributed by atoms with van der Waals surface area (Å²) in [6, 6.07) is 18.5. The number of carbonyl (C=O) groups excluding carboxylic acids is 1. The summed E-state index contributed by atoms with van der Waals surface area (Å²) >= 11 is 5.16. The van der Waals surface area contributed by atoms with Gasteiger partial charge in [0.05, 0.1) is 17.7 Å². The van der Waals surface area contributed by atoms with Crippen molar-refractivity contribution in [3.05, 3.63) is 77.9 Å². The monoisotopic (exact) mass is 499 g/mol. The molecule has 3 N–H and O–H groups in total. The summed E-state index contributed by atoms with van der Waals surface area (Å²) in [4.78, 5) is 12.2. The predicted octanol–water partition coefficient (Wildman–Crippen LogP) is 4.00. The zero-order chi connectivity index (χ0) is 24.7. The number of aryl methyl sites for hydroxylation is 2. The molecule has 3 aromatic rings. The normalized spacial score (nSPS) is 10.8. The third kappa shape index (κ3) is 6.69. The molecule has 8 nitrogen and oxygen atoms in total. The van der Waals surface area contributed by atoms with Crippen molar-refractivity contribution in [1.82, 2.24) is 5.32 Å². The molecule has 0 radical (unpaired) electrons. The molecular weight excluding hydrogens is 474 g/mol. The van der Waals surface area contributed by atoms with Gasteiger partial charge in [0.15, 0.2) is 23.2 Å². The number of para-hydroxylation sites is 2. The van der Waals surface area contributed by atoms with Crippen LogP contribution in [-0.4, -0.2) is 33.2 Å². The fourth-order valence-electron chi connectivity index (χ4n) is 3.06.